The van der Waals surface area contributed by atoms with Crippen LogP contribution in [0.2, 0.25) is 0 Å². The van der Waals surface area contributed by atoms with Crippen LogP contribution in [0.5, 0.6) is 5.75 Å². The Hall–Kier alpha value is -1.35. The fourth-order valence-electron chi connectivity index (χ4n) is 1.54. The van der Waals surface area contributed by atoms with Crippen LogP contribution in [0.15, 0.2) is 24.3 Å². The maximum atomic E-state index is 10.7. The van der Waals surface area contributed by atoms with Gasteiger partial charge < -0.3 is 10.5 Å². The smallest absolute Gasteiger partial charge is 0.308 e. The molecule has 1 aromatic rings. The van der Waals surface area contributed by atoms with E-state index < -0.39 is 0 Å². The molecule has 0 aliphatic rings. The normalized spacial score (nSPS) is 12.2. The summed E-state index contributed by atoms with van der Waals surface area (Å²) in [5.74, 6) is 0.266. The minimum absolute atomic E-state index is 0.0753. The summed E-state index contributed by atoms with van der Waals surface area (Å²) < 4.78 is 4.95. The van der Waals surface area contributed by atoms with E-state index in [2.05, 4.69) is 6.92 Å². The molecule has 0 aliphatic carbocycles. The van der Waals surface area contributed by atoms with Crippen molar-refractivity contribution in [2.24, 2.45) is 5.73 Å². The highest BCUT2D eigenvalue weighted by atomic mass is 16.5. The van der Waals surface area contributed by atoms with Crippen LogP contribution in [-0.4, -0.2) is 5.97 Å². The van der Waals surface area contributed by atoms with E-state index in [1.807, 2.05) is 12.1 Å². The van der Waals surface area contributed by atoms with E-state index in [0.717, 1.165) is 24.8 Å². The summed E-state index contributed by atoms with van der Waals surface area (Å²) in [6.45, 7) is 3.54. The largest absolute Gasteiger partial charge is 0.427 e. The number of benzene rings is 1. The molecule has 2 N–H and O–H groups in total. The molecule has 3 nitrogen and oxygen atoms in total. The lowest BCUT2D eigenvalue weighted by atomic mass is 10.0. The first-order valence-corrected chi connectivity index (χ1v) is 5.67. The zero-order valence-corrected chi connectivity index (χ0v) is 9.90. The maximum Gasteiger partial charge on any atom is 0.308 e. The minimum Gasteiger partial charge on any atom is -0.427 e. The van der Waals surface area contributed by atoms with Crippen LogP contribution in [0.1, 0.15) is 44.7 Å². The van der Waals surface area contributed by atoms with Gasteiger partial charge in [-0.2, -0.15) is 0 Å². The van der Waals surface area contributed by atoms with Gasteiger partial charge in [0.15, 0.2) is 0 Å². The zero-order chi connectivity index (χ0) is 12.0. The van der Waals surface area contributed by atoms with Gasteiger partial charge in [0.1, 0.15) is 5.75 Å². The van der Waals surface area contributed by atoms with Crippen molar-refractivity contribution in [1.82, 2.24) is 0 Å². The van der Waals surface area contributed by atoms with E-state index in [1.54, 1.807) is 12.1 Å². The molecule has 16 heavy (non-hydrogen) atoms. The van der Waals surface area contributed by atoms with Gasteiger partial charge in [0, 0.05) is 13.0 Å². The molecule has 0 saturated heterocycles. The minimum atomic E-state index is -0.303. The third kappa shape index (κ3) is 4.03. The highest BCUT2D eigenvalue weighted by molar-refractivity contribution is 5.69. The number of carbonyl (C=O) groups excluding carboxylic acids is 1. The van der Waals surface area contributed by atoms with Crippen molar-refractivity contribution in [3.05, 3.63) is 29.8 Å². The van der Waals surface area contributed by atoms with Crippen LogP contribution in [0.4, 0.5) is 0 Å². The Kier molecular flexibility index (Phi) is 4.99. The lowest BCUT2D eigenvalue weighted by Gasteiger charge is -2.11. The molecule has 0 saturated carbocycles. The molecular formula is C13H19NO2. The second kappa shape index (κ2) is 6.28. The molecule has 0 amide bonds. The van der Waals surface area contributed by atoms with Gasteiger partial charge in [-0.15, -0.1) is 0 Å². The second-order valence-corrected chi connectivity index (χ2v) is 3.91. The molecule has 1 rings (SSSR count). The molecule has 0 spiro atoms. The summed E-state index contributed by atoms with van der Waals surface area (Å²) in [5.41, 5.74) is 7.11. The summed E-state index contributed by atoms with van der Waals surface area (Å²) in [7, 11) is 0. The number of unbranched alkanes of at least 4 members (excludes halogenated alkanes) is 1. The van der Waals surface area contributed by atoms with Crippen molar-refractivity contribution in [3.8, 4) is 5.75 Å². The van der Waals surface area contributed by atoms with Gasteiger partial charge in [0.2, 0.25) is 0 Å². The van der Waals surface area contributed by atoms with Crippen molar-refractivity contribution >= 4 is 5.97 Å². The average molecular weight is 221 g/mol. The quantitative estimate of drug-likeness (QED) is 0.614. The summed E-state index contributed by atoms with van der Waals surface area (Å²) in [6.07, 6.45) is 3.27. The number of rotatable bonds is 5. The van der Waals surface area contributed by atoms with Crippen LogP contribution in [0, 0.1) is 0 Å². The number of nitrogens with two attached hydrogens (primary N) is 1. The summed E-state index contributed by atoms with van der Waals surface area (Å²) in [5, 5.41) is 0. The van der Waals surface area contributed by atoms with Gasteiger partial charge in [0.25, 0.3) is 0 Å². The van der Waals surface area contributed by atoms with Gasteiger partial charge in [-0.3, -0.25) is 4.79 Å². The van der Waals surface area contributed by atoms with Gasteiger partial charge in [0.05, 0.1) is 0 Å². The Balaban J connectivity index is 2.59. The van der Waals surface area contributed by atoms with E-state index in [4.69, 9.17) is 10.5 Å². The highest BCUT2D eigenvalue weighted by Gasteiger charge is 2.05. The summed E-state index contributed by atoms with van der Waals surface area (Å²) >= 11 is 0. The Morgan fingerprint density at radius 3 is 2.50 bits per heavy atom. The molecule has 3 heteroatoms. The van der Waals surface area contributed by atoms with Crippen molar-refractivity contribution in [2.45, 2.75) is 39.2 Å². The highest BCUT2D eigenvalue weighted by Crippen LogP contribution is 2.20. The SMILES string of the molecule is CCCC[C@H](N)c1ccc(OC(C)=O)cc1. The number of esters is 1. The number of ether oxygens (including phenoxy) is 1. The standard InChI is InChI=1S/C13H19NO2/c1-3-4-5-13(14)11-6-8-12(9-7-11)16-10(2)15/h6-9,13H,3-5,14H2,1-2H3/t13-/m0/s1. The third-order valence-corrected chi connectivity index (χ3v) is 2.44. The van der Waals surface area contributed by atoms with E-state index in [9.17, 15) is 4.79 Å². The Morgan fingerprint density at radius 2 is 2.00 bits per heavy atom. The molecular weight excluding hydrogens is 202 g/mol. The van der Waals surface area contributed by atoms with Crippen molar-refractivity contribution in [1.29, 1.82) is 0 Å². The fourth-order valence-corrected chi connectivity index (χ4v) is 1.54. The number of carbonyl (C=O) groups is 1. The van der Waals surface area contributed by atoms with Crippen molar-refractivity contribution < 1.29 is 9.53 Å². The van der Waals surface area contributed by atoms with E-state index >= 15 is 0 Å². The Labute approximate surface area is 96.6 Å². The van der Waals surface area contributed by atoms with E-state index in [-0.39, 0.29) is 12.0 Å². The Morgan fingerprint density at radius 1 is 1.38 bits per heavy atom. The lowest BCUT2D eigenvalue weighted by Crippen LogP contribution is -2.10. The zero-order valence-electron chi connectivity index (χ0n) is 9.90. The molecule has 88 valence electrons. The third-order valence-electron chi connectivity index (χ3n) is 2.44. The van der Waals surface area contributed by atoms with Gasteiger partial charge in [-0.05, 0) is 24.1 Å². The maximum absolute atomic E-state index is 10.7. The monoisotopic (exact) mass is 221 g/mol. The Bertz CT molecular complexity index is 332. The van der Waals surface area contributed by atoms with Gasteiger partial charge >= 0.3 is 5.97 Å². The summed E-state index contributed by atoms with van der Waals surface area (Å²) in [4.78, 5) is 10.7. The van der Waals surface area contributed by atoms with Crippen LogP contribution >= 0.6 is 0 Å². The predicted octanol–water partition coefficient (Wildman–Crippen LogP) is 2.80. The first-order chi connectivity index (χ1) is 7.63. The molecule has 0 fully saturated rings. The molecule has 0 radical (unpaired) electrons. The van der Waals surface area contributed by atoms with Crippen molar-refractivity contribution in [2.75, 3.05) is 0 Å². The second-order valence-electron chi connectivity index (χ2n) is 3.91. The molecule has 0 heterocycles. The van der Waals surface area contributed by atoms with Crippen molar-refractivity contribution in [3.63, 3.8) is 0 Å². The molecule has 0 aliphatic heterocycles. The molecule has 0 unspecified atom stereocenters. The van der Waals surface area contributed by atoms with Crippen LogP contribution in [0.3, 0.4) is 0 Å². The average Bonchev–Trinajstić information content (AvgIpc) is 2.26. The van der Waals surface area contributed by atoms with Crippen LogP contribution in [-0.2, 0) is 4.79 Å². The summed E-state index contributed by atoms with van der Waals surface area (Å²) in [6, 6.07) is 7.47. The van der Waals surface area contributed by atoms with Gasteiger partial charge in [-0.1, -0.05) is 31.9 Å². The molecule has 0 aromatic heterocycles. The first-order valence-electron chi connectivity index (χ1n) is 5.67. The molecule has 0 bridgehead atoms. The topological polar surface area (TPSA) is 52.3 Å². The number of hydrogen-bond donors (Lipinski definition) is 1. The van der Waals surface area contributed by atoms with E-state index in [0.29, 0.717) is 5.75 Å². The lowest BCUT2D eigenvalue weighted by molar-refractivity contribution is -0.131. The predicted molar refractivity (Wildman–Crippen MR) is 64.2 cm³/mol. The van der Waals surface area contributed by atoms with Crippen LogP contribution < -0.4 is 10.5 Å². The first kappa shape index (κ1) is 12.7. The van der Waals surface area contributed by atoms with E-state index in [1.165, 1.54) is 6.92 Å². The number of hydrogen-bond acceptors (Lipinski definition) is 3. The molecule has 1 atom stereocenters. The fraction of sp³-hybridized carbons (Fsp3) is 0.462. The van der Waals surface area contributed by atoms with Crippen LogP contribution in [0.25, 0.3) is 0 Å². The molecule has 1 aromatic carbocycles. The van der Waals surface area contributed by atoms with Gasteiger partial charge in [-0.25, -0.2) is 0 Å².